The van der Waals surface area contributed by atoms with Gasteiger partial charge in [-0.2, -0.15) is 0 Å². The first-order valence-corrected chi connectivity index (χ1v) is 14.2. The number of carbonyl (C=O) groups is 3. The standard InChI is InChI=1S/C26H35BrN6O5/c1-4-9-28-23(35)19-20-25(37)33(15(12-34)10-14(2)3)22(26(20)11-16(27)21(19)38-26)24(36)29-13-32-18-8-6-5-7-17(18)30-31-32/h5-8,14-16,19-22,34H,4,9-13H2,1-3H3,(H,28,35)(H,29,36)/t15-,16?,19+,20+,21+,22?,26?/m1/s1. The lowest BCUT2D eigenvalue weighted by Crippen LogP contribution is -2.58. The minimum Gasteiger partial charge on any atom is -0.394 e. The molecule has 2 aromatic rings. The number of aliphatic hydroxyl groups excluding tert-OH is 1. The molecule has 3 saturated heterocycles. The zero-order valence-electron chi connectivity index (χ0n) is 21.8. The maximum atomic E-state index is 14.1. The minimum absolute atomic E-state index is 0.0498. The molecule has 3 aliphatic rings. The number of amides is 3. The Kier molecular flexibility index (Phi) is 7.49. The van der Waals surface area contributed by atoms with Gasteiger partial charge in [-0.25, -0.2) is 4.68 Å². The number of aliphatic hydroxyl groups is 1. The summed E-state index contributed by atoms with van der Waals surface area (Å²) >= 11 is 3.67. The highest BCUT2D eigenvalue weighted by molar-refractivity contribution is 9.09. The molecule has 1 spiro atoms. The fourth-order valence-electron chi connectivity index (χ4n) is 6.53. The quantitative estimate of drug-likeness (QED) is 0.353. The highest BCUT2D eigenvalue weighted by Crippen LogP contribution is 2.60. The number of hydrogen-bond donors (Lipinski definition) is 3. The fraction of sp³-hybridized carbons (Fsp3) is 0.654. The first-order valence-electron chi connectivity index (χ1n) is 13.3. The zero-order valence-corrected chi connectivity index (χ0v) is 23.4. The number of rotatable bonds is 10. The lowest BCUT2D eigenvalue weighted by Gasteiger charge is -2.37. The van der Waals surface area contributed by atoms with Crippen LogP contribution in [0.4, 0.5) is 0 Å². The molecule has 1 aromatic heterocycles. The second-order valence-corrected chi connectivity index (χ2v) is 12.1. The Morgan fingerprint density at radius 1 is 1.26 bits per heavy atom. The third-order valence-electron chi connectivity index (χ3n) is 8.00. The molecular weight excluding hydrogens is 556 g/mol. The lowest BCUT2D eigenvalue weighted by atomic mass is 9.70. The summed E-state index contributed by atoms with van der Waals surface area (Å²) in [5.74, 6) is -2.30. The van der Waals surface area contributed by atoms with Crippen LogP contribution in [0.2, 0.25) is 0 Å². The van der Waals surface area contributed by atoms with Crippen molar-refractivity contribution in [1.29, 1.82) is 0 Å². The molecule has 12 heteroatoms. The van der Waals surface area contributed by atoms with Crippen molar-refractivity contribution in [3.05, 3.63) is 24.3 Å². The average Bonchev–Trinajstić information content (AvgIpc) is 3.61. The topological polar surface area (TPSA) is 139 Å². The number of halogens is 1. The Balaban J connectivity index is 1.49. The number of carbonyl (C=O) groups excluding carboxylic acids is 3. The van der Waals surface area contributed by atoms with E-state index in [2.05, 4.69) is 36.9 Å². The van der Waals surface area contributed by atoms with Gasteiger partial charge in [-0.1, -0.05) is 54.0 Å². The summed E-state index contributed by atoms with van der Waals surface area (Å²) in [5, 5.41) is 24.5. The van der Waals surface area contributed by atoms with Gasteiger partial charge >= 0.3 is 0 Å². The van der Waals surface area contributed by atoms with E-state index < -0.39 is 41.5 Å². The van der Waals surface area contributed by atoms with E-state index in [9.17, 15) is 19.5 Å². The Morgan fingerprint density at radius 3 is 2.74 bits per heavy atom. The minimum atomic E-state index is -1.18. The van der Waals surface area contributed by atoms with Crippen molar-refractivity contribution in [2.45, 2.75) is 75.3 Å². The molecular formula is C26H35BrN6O5. The Morgan fingerprint density at radius 2 is 2.03 bits per heavy atom. The summed E-state index contributed by atoms with van der Waals surface area (Å²) in [6.45, 7) is 6.22. The summed E-state index contributed by atoms with van der Waals surface area (Å²) in [5.41, 5.74) is 0.293. The van der Waals surface area contributed by atoms with E-state index >= 15 is 0 Å². The highest BCUT2D eigenvalue weighted by Gasteiger charge is 2.77. The number of nitrogens with one attached hydrogen (secondary N) is 2. The number of fused-ring (bicyclic) bond motifs is 2. The number of para-hydroxylation sites is 1. The molecule has 3 fully saturated rings. The van der Waals surface area contributed by atoms with E-state index in [0.29, 0.717) is 24.9 Å². The predicted octanol–water partition coefficient (Wildman–Crippen LogP) is 1.19. The predicted molar refractivity (Wildman–Crippen MR) is 142 cm³/mol. The molecule has 0 aliphatic carbocycles. The summed E-state index contributed by atoms with van der Waals surface area (Å²) < 4.78 is 8.09. The van der Waals surface area contributed by atoms with Gasteiger partial charge in [-0.05, 0) is 37.3 Å². The lowest BCUT2D eigenvalue weighted by molar-refractivity contribution is -0.146. The second kappa shape index (κ2) is 10.5. The van der Waals surface area contributed by atoms with Gasteiger partial charge in [-0.3, -0.25) is 14.4 Å². The molecule has 0 saturated carbocycles. The Bertz CT molecular complexity index is 1220. The van der Waals surface area contributed by atoms with E-state index in [-0.39, 0.29) is 35.8 Å². The van der Waals surface area contributed by atoms with Crippen LogP contribution in [-0.4, -0.2) is 84.5 Å². The molecule has 3 N–H and O–H groups in total. The molecule has 0 radical (unpaired) electrons. The van der Waals surface area contributed by atoms with Crippen LogP contribution < -0.4 is 10.6 Å². The normalized spacial score (nSPS) is 30.7. The number of likely N-dealkylation sites (tertiary alicyclic amines) is 1. The van der Waals surface area contributed by atoms with Gasteiger partial charge in [0, 0.05) is 11.4 Å². The first-order chi connectivity index (χ1) is 18.2. The van der Waals surface area contributed by atoms with Gasteiger partial charge < -0.3 is 25.4 Å². The van der Waals surface area contributed by atoms with Crippen molar-refractivity contribution in [2.24, 2.45) is 17.8 Å². The summed E-state index contributed by atoms with van der Waals surface area (Å²) in [6, 6.07) is 5.85. The molecule has 5 rings (SSSR count). The zero-order chi connectivity index (χ0) is 27.2. The van der Waals surface area contributed by atoms with Crippen LogP contribution >= 0.6 is 15.9 Å². The van der Waals surface area contributed by atoms with Crippen LogP contribution in [0.5, 0.6) is 0 Å². The largest absolute Gasteiger partial charge is 0.394 e. The van der Waals surface area contributed by atoms with E-state index in [1.165, 1.54) is 4.90 Å². The van der Waals surface area contributed by atoms with E-state index in [1.54, 1.807) is 4.68 Å². The van der Waals surface area contributed by atoms with Gasteiger partial charge in [0.1, 0.15) is 23.8 Å². The fourth-order valence-corrected chi connectivity index (χ4v) is 7.47. The van der Waals surface area contributed by atoms with Crippen molar-refractivity contribution in [3.63, 3.8) is 0 Å². The maximum absolute atomic E-state index is 14.1. The number of hydrogen-bond acceptors (Lipinski definition) is 7. The van der Waals surface area contributed by atoms with Crippen molar-refractivity contribution in [3.8, 4) is 0 Å². The molecule has 3 unspecified atom stereocenters. The molecule has 38 heavy (non-hydrogen) atoms. The van der Waals surface area contributed by atoms with E-state index in [1.807, 2.05) is 45.0 Å². The van der Waals surface area contributed by atoms with Crippen LogP contribution in [0.15, 0.2) is 24.3 Å². The molecule has 4 heterocycles. The van der Waals surface area contributed by atoms with Gasteiger partial charge in [-0.15, -0.1) is 5.10 Å². The number of ether oxygens (including phenoxy) is 1. The first kappa shape index (κ1) is 27.0. The number of benzene rings is 1. The summed E-state index contributed by atoms with van der Waals surface area (Å²) in [4.78, 5) is 42.7. The van der Waals surface area contributed by atoms with Crippen LogP contribution in [0.1, 0.15) is 40.0 Å². The summed E-state index contributed by atoms with van der Waals surface area (Å²) in [6.07, 6.45) is 1.17. The van der Waals surface area contributed by atoms with E-state index in [0.717, 1.165) is 11.9 Å². The van der Waals surface area contributed by atoms with Crippen LogP contribution in [0.25, 0.3) is 11.0 Å². The van der Waals surface area contributed by atoms with Gasteiger partial charge in [0.15, 0.2) is 0 Å². The highest BCUT2D eigenvalue weighted by atomic mass is 79.9. The van der Waals surface area contributed by atoms with Crippen molar-refractivity contribution >= 4 is 44.7 Å². The molecule has 7 atom stereocenters. The smallest absolute Gasteiger partial charge is 0.247 e. The molecule has 2 bridgehead atoms. The Labute approximate surface area is 229 Å². The van der Waals surface area contributed by atoms with Crippen LogP contribution in [0, 0.1) is 17.8 Å². The van der Waals surface area contributed by atoms with Crippen LogP contribution in [0.3, 0.4) is 0 Å². The van der Waals surface area contributed by atoms with Gasteiger partial charge in [0.2, 0.25) is 17.7 Å². The Hall–Kier alpha value is -2.57. The summed E-state index contributed by atoms with van der Waals surface area (Å²) in [7, 11) is 0. The van der Waals surface area contributed by atoms with Gasteiger partial charge in [0.25, 0.3) is 0 Å². The monoisotopic (exact) mass is 590 g/mol. The average molecular weight is 592 g/mol. The van der Waals surface area contributed by atoms with E-state index in [4.69, 9.17) is 4.74 Å². The molecule has 206 valence electrons. The molecule has 1 aromatic carbocycles. The third-order valence-corrected chi connectivity index (χ3v) is 8.84. The van der Waals surface area contributed by atoms with Crippen molar-refractivity contribution in [1.82, 2.24) is 30.5 Å². The van der Waals surface area contributed by atoms with Crippen molar-refractivity contribution < 1.29 is 24.2 Å². The molecule has 11 nitrogen and oxygen atoms in total. The van der Waals surface area contributed by atoms with Crippen LogP contribution in [-0.2, 0) is 25.8 Å². The second-order valence-electron chi connectivity index (χ2n) is 10.9. The SMILES string of the molecule is CCCNC(=O)[C@H]1[C@H]2C(=O)N([C@@H](CO)CC(C)C)C(C(=O)NCn3nnc4ccccc43)C23CC(Br)[C@@H]1O3. The van der Waals surface area contributed by atoms with Crippen molar-refractivity contribution in [2.75, 3.05) is 13.2 Å². The molecule has 3 aliphatic heterocycles. The third kappa shape index (κ3) is 4.30. The molecule has 3 amide bonds. The van der Waals surface area contributed by atoms with Gasteiger partial charge in [0.05, 0.1) is 36.1 Å². The number of alkyl halides is 1. The number of aromatic nitrogens is 3. The maximum Gasteiger partial charge on any atom is 0.247 e. The number of nitrogens with zero attached hydrogens (tertiary/aromatic N) is 4.